The SMILES string of the molecule is CCOC(=O)CCCC/C=C\C=C\C(CC(=O)C(CCC(=O)OCC)=[N+]=[N-])O[Si](CC)(CC)CC. The molecule has 0 heterocycles. The van der Waals surface area contributed by atoms with Gasteiger partial charge >= 0.3 is 17.7 Å². The summed E-state index contributed by atoms with van der Waals surface area (Å²) in [5, 5.41) is 0. The fourth-order valence-electron chi connectivity index (χ4n) is 3.60. The van der Waals surface area contributed by atoms with E-state index in [1.54, 1.807) is 13.8 Å². The van der Waals surface area contributed by atoms with E-state index in [4.69, 9.17) is 13.9 Å². The molecule has 0 aliphatic heterocycles. The zero-order valence-corrected chi connectivity index (χ0v) is 23.2. The van der Waals surface area contributed by atoms with Crippen LogP contribution in [0.25, 0.3) is 5.53 Å². The Morgan fingerprint density at radius 2 is 1.46 bits per heavy atom. The van der Waals surface area contributed by atoms with Crippen LogP contribution in [0.3, 0.4) is 0 Å². The van der Waals surface area contributed by atoms with Gasteiger partial charge in [-0.05, 0) is 51.2 Å². The normalized spacial score (nSPS) is 12.5. The summed E-state index contributed by atoms with van der Waals surface area (Å²) in [5.41, 5.74) is 9.28. The summed E-state index contributed by atoms with van der Waals surface area (Å²) in [7, 11) is -1.99. The maximum Gasteiger partial charge on any atom is 0.335 e. The van der Waals surface area contributed by atoms with Crippen LogP contribution in [-0.4, -0.2) is 55.9 Å². The van der Waals surface area contributed by atoms with Gasteiger partial charge in [-0.2, -0.15) is 4.79 Å². The minimum absolute atomic E-state index is 0.0171. The van der Waals surface area contributed by atoms with Crippen molar-refractivity contribution in [3.05, 3.63) is 29.8 Å². The number of ether oxygens (including phenoxy) is 2. The van der Waals surface area contributed by atoms with Crippen molar-refractivity contribution in [2.75, 3.05) is 13.2 Å². The summed E-state index contributed by atoms with van der Waals surface area (Å²) in [5.74, 6) is -0.944. The summed E-state index contributed by atoms with van der Waals surface area (Å²) in [6.07, 6.45) is 10.2. The third-order valence-electron chi connectivity index (χ3n) is 5.91. The number of carbonyl (C=O) groups excluding carboxylic acids is 3. The minimum atomic E-state index is -1.99. The van der Waals surface area contributed by atoms with Crippen LogP contribution in [-0.2, 0) is 28.3 Å². The van der Waals surface area contributed by atoms with E-state index in [0.717, 1.165) is 37.4 Å². The number of hydrogen-bond donors (Lipinski definition) is 0. The van der Waals surface area contributed by atoms with Gasteiger partial charge in [0, 0.05) is 12.8 Å². The average molecular weight is 509 g/mol. The minimum Gasteiger partial charge on any atom is -0.466 e. The molecule has 9 heteroatoms. The molecule has 8 nitrogen and oxygen atoms in total. The van der Waals surface area contributed by atoms with Crippen molar-refractivity contribution in [1.82, 2.24) is 0 Å². The lowest BCUT2D eigenvalue weighted by Crippen LogP contribution is -2.40. The number of hydrogen-bond acceptors (Lipinski definition) is 6. The number of rotatable bonds is 20. The Labute approximate surface area is 211 Å². The van der Waals surface area contributed by atoms with Gasteiger partial charge in [0.2, 0.25) is 5.78 Å². The van der Waals surface area contributed by atoms with Crippen LogP contribution < -0.4 is 0 Å². The van der Waals surface area contributed by atoms with E-state index in [0.29, 0.717) is 13.0 Å². The molecule has 0 saturated heterocycles. The van der Waals surface area contributed by atoms with Crippen LogP contribution in [0.5, 0.6) is 0 Å². The third-order valence-corrected chi connectivity index (χ3v) is 10.6. The zero-order valence-electron chi connectivity index (χ0n) is 22.2. The molecule has 0 amide bonds. The van der Waals surface area contributed by atoms with Crippen molar-refractivity contribution in [2.24, 2.45) is 0 Å². The molecule has 35 heavy (non-hydrogen) atoms. The van der Waals surface area contributed by atoms with Gasteiger partial charge in [-0.25, -0.2) is 0 Å². The zero-order chi connectivity index (χ0) is 26.5. The number of Topliss-reactive ketones (excluding diaryl/α,β-unsaturated/α-hetero) is 1. The van der Waals surface area contributed by atoms with Crippen molar-refractivity contribution in [1.29, 1.82) is 0 Å². The summed E-state index contributed by atoms with van der Waals surface area (Å²) in [6.45, 7) is 10.5. The van der Waals surface area contributed by atoms with Gasteiger partial charge in [-0.1, -0.05) is 45.1 Å². The average Bonchev–Trinajstić information content (AvgIpc) is 2.84. The quantitative estimate of drug-likeness (QED) is 0.0403. The van der Waals surface area contributed by atoms with Crippen molar-refractivity contribution in [2.45, 2.75) is 104 Å². The van der Waals surface area contributed by atoms with E-state index in [1.807, 2.05) is 24.3 Å². The van der Waals surface area contributed by atoms with Crippen LogP contribution in [0.15, 0.2) is 24.3 Å². The molecule has 0 saturated carbocycles. The molecule has 0 fully saturated rings. The van der Waals surface area contributed by atoms with E-state index in [1.165, 1.54) is 0 Å². The van der Waals surface area contributed by atoms with Gasteiger partial charge in [-0.3, -0.25) is 14.4 Å². The number of allylic oxidation sites excluding steroid dienone is 3. The predicted molar refractivity (Wildman–Crippen MR) is 140 cm³/mol. The van der Waals surface area contributed by atoms with Crippen LogP contribution in [0.1, 0.15) is 79.6 Å². The summed E-state index contributed by atoms with van der Waals surface area (Å²) in [4.78, 5) is 38.9. The second-order valence-corrected chi connectivity index (χ2v) is 13.0. The first-order valence-electron chi connectivity index (χ1n) is 12.9. The second-order valence-electron chi connectivity index (χ2n) is 8.24. The molecule has 0 aliphatic rings. The summed E-state index contributed by atoms with van der Waals surface area (Å²) < 4.78 is 16.3. The van der Waals surface area contributed by atoms with E-state index >= 15 is 0 Å². The molecule has 0 bridgehead atoms. The lowest BCUT2D eigenvalue weighted by molar-refractivity contribution is -0.144. The highest BCUT2D eigenvalue weighted by atomic mass is 28.4. The Kier molecular flexibility index (Phi) is 18.6. The Morgan fingerprint density at radius 3 is 2.00 bits per heavy atom. The molecular weight excluding hydrogens is 464 g/mol. The van der Waals surface area contributed by atoms with Crippen molar-refractivity contribution < 1.29 is 33.1 Å². The van der Waals surface area contributed by atoms with Gasteiger partial charge in [0.05, 0.1) is 32.2 Å². The molecule has 1 atom stereocenters. The predicted octanol–water partition coefficient (Wildman–Crippen LogP) is 5.59. The highest BCUT2D eigenvalue weighted by molar-refractivity contribution is 6.73. The molecule has 198 valence electrons. The molecule has 0 aromatic carbocycles. The molecule has 0 N–H and O–H groups in total. The highest BCUT2D eigenvalue weighted by Gasteiger charge is 2.33. The molecule has 0 aliphatic carbocycles. The fourth-order valence-corrected chi connectivity index (χ4v) is 6.40. The molecule has 0 spiro atoms. The molecule has 0 radical (unpaired) electrons. The van der Waals surface area contributed by atoms with Crippen molar-refractivity contribution >= 4 is 31.8 Å². The lowest BCUT2D eigenvalue weighted by Gasteiger charge is -2.31. The van der Waals surface area contributed by atoms with E-state index in [-0.39, 0.29) is 43.3 Å². The van der Waals surface area contributed by atoms with Crippen LogP contribution in [0.4, 0.5) is 0 Å². The lowest BCUT2D eigenvalue weighted by atomic mass is 10.0. The fraction of sp³-hybridized carbons (Fsp3) is 0.692. The first-order valence-corrected chi connectivity index (χ1v) is 15.4. The van der Waals surface area contributed by atoms with E-state index in [2.05, 4.69) is 25.6 Å². The van der Waals surface area contributed by atoms with Gasteiger partial charge in [-0.15, -0.1) is 0 Å². The van der Waals surface area contributed by atoms with Crippen LogP contribution in [0.2, 0.25) is 18.1 Å². The van der Waals surface area contributed by atoms with Gasteiger partial charge in [0.1, 0.15) is 0 Å². The number of ketones is 1. The van der Waals surface area contributed by atoms with Crippen molar-refractivity contribution in [3.8, 4) is 0 Å². The molecule has 0 rings (SSSR count). The highest BCUT2D eigenvalue weighted by Crippen LogP contribution is 2.25. The maximum atomic E-state index is 12.8. The Morgan fingerprint density at radius 1 is 0.857 bits per heavy atom. The summed E-state index contributed by atoms with van der Waals surface area (Å²) >= 11 is 0. The first kappa shape index (κ1) is 32.6. The summed E-state index contributed by atoms with van der Waals surface area (Å²) in [6, 6.07) is 2.83. The molecule has 0 aromatic heterocycles. The number of unbranched alkanes of at least 4 members (excludes halogenated alkanes) is 2. The maximum absolute atomic E-state index is 12.8. The van der Waals surface area contributed by atoms with Gasteiger partial charge < -0.3 is 19.4 Å². The Hall–Kier alpha value is -2.35. The van der Waals surface area contributed by atoms with Gasteiger partial charge in [0.25, 0.3) is 0 Å². The largest absolute Gasteiger partial charge is 0.466 e. The molecule has 1 unspecified atom stereocenters. The van der Waals surface area contributed by atoms with Crippen molar-refractivity contribution in [3.63, 3.8) is 0 Å². The second kappa shape index (κ2) is 19.9. The number of nitrogens with zero attached hydrogens (tertiary/aromatic N) is 2. The third kappa shape index (κ3) is 14.6. The monoisotopic (exact) mass is 508 g/mol. The molecule has 0 aromatic rings. The Bertz CT molecular complexity index is 747. The standard InChI is InChI=1S/C26H44N2O6Si/c1-6-32-25(30)18-16-14-12-11-13-15-17-22(34-35(8-3,9-4)10-5)21-24(29)23(28-27)19-20-26(31)33-7-2/h11,13,15,17,22H,6-10,12,14,16,18-21H2,1-5H3/b13-11-,17-15+. The van der Waals surface area contributed by atoms with Crippen LogP contribution >= 0.6 is 0 Å². The number of carbonyl (C=O) groups is 3. The molecular formula is C26H44N2O6Si. The van der Waals surface area contributed by atoms with E-state index < -0.39 is 20.4 Å². The van der Waals surface area contributed by atoms with Crippen LogP contribution in [0, 0.1) is 0 Å². The smallest absolute Gasteiger partial charge is 0.335 e. The Balaban J connectivity index is 5.10. The first-order chi connectivity index (χ1) is 16.8. The van der Waals surface area contributed by atoms with E-state index in [9.17, 15) is 19.9 Å². The topological polar surface area (TPSA) is 115 Å². The van der Waals surface area contributed by atoms with Gasteiger partial charge in [0.15, 0.2) is 8.32 Å². The number of esters is 2.